The van der Waals surface area contributed by atoms with E-state index in [1.54, 1.807) is 7.11 Å². The number of sulfone groups is 1. The molecule has 0 aromatic rings. The van der Waals surface area contributed by atoms with Crippen LogP contribution in [0.4, 0.5) is 0 Å². The number of methoxy groups -OCH3 is 1. The van der Waals surface area contributed by atoms with Crippen molar-refractivity contribution in [1.29, 1.82) is 0 Å². The molecule has 0 aromatic heterocycles. The number of rotatable bonds is 13. The molecule has 0 rings (SSSR count). The number of nitrogens with one attached hydrogen (secondary N) is 1. The van der Waals surface area contributed by atoms with Crippen LogP contribution in [0, 0.1) is 0 Å². The molecule has 0 saturated carbocycles. The van der Waals surface area contributed by atoms with E-state index < -0.39 is 9.84 Å². The minimum absolute atomic E-state index is 0.210. The summed E-state index contributed by atoms with van der Waals surface area (Å²) < 4.78 is 33.2. The predicted octanol–water partition coefficient (Wildman–Crippen LogP) is 0.844. The highest BCUT2D eigenvalue weighted by atomic mass is 32.2. The number of hydrogen-bond acceptors (Lipinski definition) is 5. The minimum atomic E-state index is -2.92. The first-order chi connectivity index (χ1) is 8.62. The Kier molecular flexibility index (Phi) is 11.8. The lowest BCUT2D eigenvalue weighted by molar-refractivity contribution is 0.143. The average Bonchev–Trinajstić information content (AvgIpc) is 2.33. The lowest BCUT2D eigenvalue weighted by Crippen LogP contribution is -2.25. The van der Waals surface area contributed by atoms with Crippen molar-refractivity contribution >= 4 is 9.84 Å². The van der Waals surface area contributed by atoms with Gasteiger partial charge in [-0.2, -0.15) is 0 Å². The fourth-order valence-electron chi connectivity index (χ4n) is 1.48. The van der Waals surface area contributed by atoms with Crippen LogP contribution >= 0.6 is 0 Å². The van der Waals surface area contributed by atoms with Gasteiger partial charge in [-0.3, -0.25) is 0 Å². The molecule has 0 amide bonds. The molecule has 5 nitrogen and oxygen atoms in total. The van der Waals surface area contributed by atoms with Crippen LogP contribution in [0.5, 0.6) is 0 Å². The molecular formula is C12H27NO4S. The van der Waals surface area contributed by atoms with Gasteiger partial charge in [0.1, 0.15) is 0 Å². The first kappa shape index (κ1) is 17.8. The molecule has 0 fully saturated rings. The number of ether oxygens (including phenoxy) is 2. The highest BCUT2D eigenvalue weighted by molar-refractivity contribution is 7.91. The first-order valence-electron chi connectivity index (χ1n) is 6.60. The SMILES string of the molecule is CCOCCCCNCCS(=O)(=O)CCCOC. The molecule has 0 spiro atoms. The molecule has 0 radical (unpaired) electrons. The zero-order chi connectivity index (χ0) is 13.7. The van der Waals surface area contributed by atoms with Crippen molar-refractivity contribution in [2.45, 2.75) is 26.2 Å². The lowest BCUT2D eigenvalue weighted by Gasteiger charge is -2.06. The Bertz CT molecular complexity index is 267. The second kappa shape index (κ2) is 11.9. The fraction of sp³-hybridized carbons (Fsp3) is 1.00. The molecule has 0 saturated heterocycles. The van der Waals surface area contributed by atoms with Crippen molar-refractivity contribution in [3.8, 4) is 0 Å². The van der Waals surface area contributed by atoms with Crippen molar-refractivity contribution < 1.29 is 17.9 Å². The zero-order valence-corrected chi connectivity index (χ0v) is 12.4. The maximum absolute atomic E-state index is 11.6. The van der Waals surface area contributed by atoms with Gasteiger partial charge in [-0.15, -0.1) is 0 Å². The third-order valence-corrected chi connectivity index (χ3v) is 4.23. The van der Waals surface area contributed by atoms with Gasteiger partial charge in [0, 0.05) is 33.5 Å². The summed E-state index contributed by atoms with van der Waals surface area (Å²) in [6.07, 6.45) is 2.61. The Hall–Kier alpha value is -0.170. The maximum atomic E-state index is 11.6. The predicted molar refractivity (Wildman–Crippen MR) is 73.7 cm³/mol. The number of unbranched alkanes of at least 4 members (excludes halogenated alkanes) is 1. The zero-order valence-electron chi connectivity index (χ0n) is 11.6. The highest BCUT2D eigenvalue weighted by Crippen LogP contribution is 1.94. The summed E-state index contributed by atoms with van der Waals surface area (Å²) in [6, 6.07) is 0. The summed E-state index contributed by atoms with van der Waals surface area (Å²) in [4.78, 5) is 0. The van der Waals surface area contributed by atoms with E-state index in [-0.39, 0.29) is 11.5 Å². The van der Waals surface area contributed by atoms with E-state index in [4.69, 9.17) is 9.47 Å². The second-order valence-corrected chi connectivity index (χ2v) is 6.46. The van der Waals surface area contributed by atoms with Gasteiger partial charge in [0.15, 0.2) is 9.84 Å². The van der Waals surface area contributed by atoms with Crippen molar-refractivity contribution in [2.24, 2.45) is 0 Å². The minimum Gasteiger partial charge on any atom is -0.385 e. The Morgan fingerprint density at radius 2 is 1.78 bits per heavy atom. The van der Waals surface area contributed by atoms with E-state index >= 15 is 0 Å². The first-order valence-corrected chi connectivity index (χ1v) is 8.42. The van der Waals surface area contributed by atoms with Crippen molar-refractivity contribution in [1.82, 2.24) is 5.32 Å². The van der Waals surface area contributed by atoms with Gasteiger partial charge in [-0.1, -0.05) is 0 Å². The van der Waals surface area contributed by atoms with Crippen LogP contribution < -0.4 is 5.32 Å². The summed E-state index contributed by atoms with van der Waals surface area (Å²) in [6.45, 7) is 5.40. The molecule has 0 aliphatic heterocycles. The van der Waals surface area contributed by atoms with Gasteiger partial charge in [-0.25, -0.2) is 8.42 Å². The normalized spacial score (nSPS) is 11.9. The molecule has 18 heavy (non-hydrogen) atoms. The van der Waals surface area contributed by atoms with E-state index in [2.05, 4.69) is 5.32 Å². The molecule has 6 heteroatoms. The summed E-state index contributed by atoms with van der Waals surface area (Å²) in [5.41, 5.74) is 0. The topological polar surface area (TPSA) is 64.6 Å². The third kappa shape index (κ3) is 12.3. The molecule has 0 aliphatic carbocycles. The quantitative estimate of drug-likeness (QED) is 0.507. The fourth-order valence-corrected chi connectivity index (χ4v) is 2.69. The highest BCUT2D eigenvalue weighted by Gasteiger charge is 2.09. The Morgan fingerprint density at radius 1 is 1.00 bits per heavy atom. The van der Waals surface area contributed by atoms with Gasteiger partial charge < -0.3 is 14.8 Å². The van der Waals surface area contributed by atoms with E-state index in [9.17, 15) is 8.42 Å². The van der Waals surface area contributed by atoms with Crippen molar-refractivity contribution in [2.75, 3.05) is 51.5 Å². The maximum Gasteiger partial charge on any atom is 0.151 e. The van der Waals surface area contributed by atoms with Crippen LogP contribution in [-0.4, -0.2) is 59.9 Å². The largest absolute Gasteiger partial charge is 0.385 e. The van der Waals surface area contributed by atoms with Crippen LogP contribution in [0.25, 0.3) is 0 Å². The molecule has 0 aliphatic rings. The summed E-state index contributed by atoms with van der Waals surface area (Å²) in [5.74, 6) is 0.426. The summed E-state index contributed by atoms with van der Waals surface area (Å²) in [7, 11) is -1.34. The molecule has 0 bridgehead atoms. The smallest absolute Gasteiger partial charge is 0.151 e. The van der Waals surface area contributed by atoms with E-state index in [0.717, 1.165) is 32.6 Å². The molecule has 0 unspecified atom stereocenters. The van der Waals surface area contributed by atoms with Gasteiger partial charge in [-0.05, 0) is 32.7 Å². The molecule has 0 atom stereocenters. The van der Waals surface area contributed by atoms with Gasteiger partial charge in [0.05, 0.1) is 11.5 Å². The van der Waals surface area contributed by atoms with Gasteiger partial charge >= 0.3 is 0 Å². The third-order valence-electron chi connectivity index (χ3n) is 2.49. The summed E-state index contributed by atoms with van der Waals surface area (Å²) in [5, 5.41) is 3.14. The monoisotopic (exact) mass is 281 g/mol. The summed E-state index contributed by atoms with van der Waals surface area (Å²) >= 11 is 0. The van der Waals surface area contributed by atoms with Gasteiger partial charge in [0.2, 0.25) is 0 Å². The average molecular weight is 281 g/mol. The molecule has 1 N–H and O–H groups in total. The van der Waals surface area contributed by atoms with Gasteiger partial charge in [0.25, 0.3) is 0 Å². The van der Waals surface area contributed by atoms with E-state index in [1.165, 1.54) is 0 Å². The van der Waals surface area contributed by atoms with Crippen LogP contribution in [0.1, 0.15) is 26.2 Å². The molecule has 0 aromatic carbocycles. The van der Waals surface area contributed by atoms with Crippen molar-refractivity contribution in [3.05, 3.63) is 0 Å². The van der Waals surface area contributed by atoms with Crippen LogP contribution in [0.15, 0.2) is 0 Å². The Labute approximate surface area is 111 Å². The van der Waals surface area contributed by atoms with Crippen LogP contribution in [-0.2, 0) is 19.3 Å². The molecule has 110 valence electrons. The van der Waals surface area contributed by atoms with Crippen molar-refractivity contribution in [3.63, 3.8) is 0 Å². The van der Waals surface area contributed by atoms with E-state index in [1.807, 2.05) is 6.92 Å². The lowest BCUT2D eigenvalue weighted by atomic mass is 10.3. The van der Waals surface area contributed by atoms with Crippen LogP contribution in [0.3, 0.4) is 0 Å². The molecule has 0 heterocycles. The molecular weight excluding hydrogens is 254 g/mol. The van der Waals surface area contributed by atoms with E-state index in [0.29, 0.717) is 19.6 Å². The number of hydrogen-bond donors (Lipinski definition) is 1. The standard InChI is InChI=1S/C12H27NO4S/c1-3-17-10-5-4-7-13-8-12-18(14,15)11-6-9-16-2/h13H,3-12H2,1-2H3. The Balaban J connectivity index is 3.36. The van der Waals surface area contributed by atoms with Crippen LogP contribution in [0.2, 0.25) is 0 Å². The second-order valence-electron chi connectivity index (χ2n) is 4.15. The Morgan fingerprint density at radius 3 is 2.44 bits per heavy atom.